The van der Waals surface area contributed by atoms with Crippen molar-refractivity contribution in [2.45, 2.75) is 52.5 Å². The Morgan fingerprint density at radius 3 is 2.35 bits per heavy atom. The van der Waals surface area contributed by atoms with Crippen molar-refractivity contribution in [1.82, 2.24) is 10.2 Å². The Morgan fingerprint density at radius 1 is 1.20 bits per heavy atom. The SMILES string of the molecule is CCN(CCCO)C(=O)NC(C)CCCC(C)C(=O)O. The number of amides is 2. The molecule has 0 aromatic heterocycles. The third kappa shape index (κ3) is 7.99. The van der Waals surface area contributed by atoms with E-state index in [-0.39, 0.29) is 24.6 Å². The number of carbonyl (C=O) groups is 2. The van der Waals surface area contributed by atoms with E-state index in [4.69, 9.17) is 10.2 Å². The Hall–Kier alpha value is -1.30. The van der Waals surface area contributed by atoms with E-state index in [1.54, 1.807) is 11.8 Å². The van der Waals surface area contributed by atoms with Gasteiger partial charge in [-0.05, 0) is 33.1 Å². The number of aliphatic hydroxyl groups excluding tert-OH is 1. The lowest BCUT2D eigenvalue weighted by Crippen LogP contribution is -2.44. The van der Waals surface area contributed by atoms with E-state index in [1.807, 2.05) is 13.8 Å². The molecule has 0 aliphatic carbocycles. The first-order valence-corrected chi connectivity index (χ1v) is 7.31. The fourth-order valence-corrected chi connectivity index (χ4v) is 1.89. The monoisotopic (exact) mass is 288 g/mol. The molecule has 0 aromatic rings. The molecule has 0 saturated carbocycles. The molecule has 2 unspecified atom stereocenters. The summed E-state index contributed by atoms with van der Waals surface area (Å²) in [5.74, 6) is -1.11. The quantitative estimate of drug-likeness (QED) is 0.570. The van der Waals surface area contributed by atoms with E-state index in [0.29, 0.717) is 25.9 Å². The molecule has 2 atom stereocenters. The maximum absolute atomic E-state index is 11.9. The molecule has 0 fully saturated rings. The van der Waals surface area contributed by atoms with Gasteiger partial charge in [0, 0.05) is 25.7 Å². The molecule has 6 heteroatoms. The molecule has 0 aliphatic rings. The summed E-state index contributed by atoms with van der Waals surface area (Å²) in [4.78, 5) is 24.3. The van der Waals surface area contributed by atoms with E-state index in [2.05, 4.69) is 5.32 Å². The zero-order valence-electron chi connectivity index (χ0n) is 12.8. The van der Waals surface area contributed by atoms with Crippen molar-refractivity contribution in [2.75, 3.05) is 19.7 Å². The standard InChI is InChI=1S/C14H28N2O4/c1-4-16(9-6-10-17)14(20)15-12(3)8-5-7-11(2)13(18)19/h11-12,17H,4-10H2,1-3H3,(H,15,20)(H,18,19). The molecule has 0 heterocycles. The number of nitrogens with one attached hydrogen (secondary N) is 1. The van der Waals surface area contributed by atoms with Gasteiger partial charge in [-0.2, -0.15) is 0 Å². The van der Waals surface area contributed by atoms with Gasteiger partial charge in [0.15, 0.2) is 0 Å². The van der Waals surface area contributed by atoms with E-state index < -0.39 is 5.97 Å². The van der Waals surface area contributed by atoms with Crippen molar-refractivity contribution < 1.29 is 19.8 Å². The highest BCUT2D eigenvalue weighted by molar-refractivity contribution is 5.74. The van der Waals surface area contributed by atoms with Crippen molar-refractivity contribution in [3.8, 4) is 0 Å². The highest BCUT2D eigenvalue weighted by Gasteiger charge is 2.15. The van der Waals surface area contributed by atoms with Gasteiger partial charge in [0.25, 0.3) is 0 Å². The van der Waals surface area contributed by atoms with Crippen LogP contribution in [0.5, 0.6) is 0 Å². The molecule has 3 N–H and O–H groups in total. The number of urea groups is 1. The topological polar surface area (TPSA) is 89.9 Å². The van der Waals surface area contributed by atoms with Gasteiger partial charge in [-0.3, -0.25) is 4.79 Å². The fourth-order valence-electron chi connectivity index (χ4n) is 1.89. The molecule has 0 aromatic carbocycles. The van der Waals surface area contributed by atoms with Crippen molar-refractivity contribution >= 4 is 12.0 Å². The van der Waals surface area contributed by atoms with Gasteiger partial charge in [-0.25, -0.2) is 4.79 Å². The van der Waals surface area contributed by atoms with Gasteiger partial charge in [0.2, 0.25) is 0 Å². The van der Waals surface area contributed by atoms with Crippen LogP contribution >= 0.6 is 0 Å². The highest BCUT2D eigenvalue weighted by Crippen LogP contribution is 2.09. The van der Waals surface area contributed by atoms with Crippen molar-refractivity contribution in [3.05, 3.63) is 0 Å². The second-order valence-electron chi connectivity index (χ2n) is 5.18. The number of nitrogens with zero attached hydrogens (tertiary/aromatic N) is 1. The lowest BCUT2D eigenvalue weighted by Gasteiger charge is -2.23. The van der Waals surface area contributed by atoms with Crippen LogP contribution in [0.3, 0.4) is 0 Å². The summed E-state index contributed by atoms with van der Waals surface area (Å²) in [5.41, 5.74) is 0. The normalized spacial score (nSPS) is 13.6. The molecule has 0 saturated heterocycles. The number of rotatable bonds is 10. The van der Waals surface area contributed by atoms with Crippen LogP contribution in [0.1, 0.15) is 46.5 Å². The first-order chi connectivity index (χ1) is 9.42. The Bertz CT molecular complexity index is 297. The van der Waals surface area contributed by atoms with Crippen LogP contribution in [0.2, 0.25) is 0 Å². The molecule has 0 bridgehead atoms. The number of carbonyl (C=O) groups excluding carboxylic acids is 1. The van der Waals surface area contributed by atoms with Crippen LogP contribution < -0.4 is 5.32 Å². The van der Waals surface area contributed by atoms with E-state index >= 15 is 0 Å². The lowest BCUT2D eigenvalue weighted by molar-refractivity contribution is -0.141. The van der Waals surface area contributed by atoms with Gasteiger partial charge >= 0.3 is 12.0 Å². The van der Waals surface area contributed by atoms with Gasteiger partial charge in [0.1, 0.15) is 0 Å². The zero-order chi connectivity index (χ0) is 15.5. The predicted molar refractivity (Wildman–Crippen MR) is 77.6 cm³/mol. The Balaban J connectivity index is 3.96. The summed E-state index contributed by atoms with van der Waals surface area (Å²) < 4.78 is 0. The fraction of sp³-hybridized carbons (Fsp3) is 0.857. The van der Waals surface area contributed by atoms with Gasteiger partial charge in [0.05, 0.1) is 5.92 Å². The Morgan fingerprint density at radius 2 is 1.85 bits per heavy atom. The van der Waals surface area contributed by atoms with Crippen LogP contribution in [0.25, 0.3) is 0 Å². The minimum Gasteiger partial charge on any atom is -0.481 e. The van der Waals surface area contributed by atoms with Crippen LogP contribution in [-0.2, 0) is 4.79 Å². The van der Waals surface area contributed by atoms with E-state index in [0.717, 1.165) is 12.8 Å². The Kier molecular flexibility index (Phi) is 9.80. The van der Waals surface area contributed by atoms with Gasteiger partial charge in [-0.15, -0.1) is 0 Å². The molecular formula is C14H28N2O4. The molecule has 0 aliphatic heterocycles. The third-order valence-electron chi connectivity index (χ3n) is 3.32. The second-order valence-corrected chi connectivity index (χ2v) is 5.18. The maximum atomic E-state index is 11.9. The average molecular weight is 288 g/mol. The molecule has 0 radical (unpaired) electrons. The van der Waals surface area contributed by atoms with E-state index in [1.165, 1.54) is 0 Å². The van der Waals surface area contributed by atoms with E-state index in [9.17, 15) is 9.59 Å². The van der Waals surface area contributed by atoms with Crippen LogP contribution in [0.15, 0.2) is 0 Å². The number of carboxylic acid groups (broad SMARTS) is 1. The van der Waals surface area contributed by atoms with Crippen LogP contribution in [-0.4, -0.2) is 52.9 Å². The zero-order valence-corrected chi connectivity index (χ0v) is 12.8. The van der Waals surface area contributed by atoms with Crippen molar-refractivity contribution in [3.63, 3.8) is 0 Å². The molecule has 6 nitrogen and oxygen atoms in total. The average Bonchev–Trinajstić information content (AvgIpc) is 2.39. The van der Waals surface area contributed by atoms with Crippen molar-refractivity contribution in [1.29, 1.82) is 0 Å². The predicted octanol–water partition coefficient (Wildman–Crippen LogP) is 1.68. The maximum Gasteiger partial charge on any atom is 0.317 e. The first kappa shape index (κ1) is 18.7. The summed E-state index contributed by atoms with van der Waals surface area (Å²) in [5, 5.41) is 20.5. The van der Waals surface area contributed by atoms with Gasteiger partial charge in [-0.1, -0.05) is 13.3 Å². The number of aliphatic hydroxyl groups is 1. The summed E-state index contributed by atoms with van der Waals surface area (Å²) >= 11 is 0. The first-order valence-electron chi connectivity index (χ1n) is 7.31. The molecular weight excluding hydrogens is 260 g/mol. The molecule has 0 rings (SSSR count). The summed E-state index contributed by atoms with van der Waals surface area (Å²) in [6.07, 6.45) is 2.74. The molecule has 118 valence electrons. The minimum atomic E-state index is -0.775. The number of hydrogen-bond donors (Lipinski definition) is 3. The minimum absolute atomic E-state index is 0.0201. The molecule has 2 amide bonds. The number of carboxylic acids is 1. The van der Waals surface area contributed by atoms with Crippen molar-refractivity contribution in [2.24, 2.45) is 5.92 Å². The highest BCUT2D eigenvalue weighted by atomic mass is 16.4. The summed E-state index contributed by atoms with van der Waals surface area (Å²) in [7, 11) is 0. The Labute approximate surface area is 121 Å². The largest absolute Gasteiger partial charge is 0.481 e. The second kappa shape index (κ2) is 10.5. The number of aliphatic carboxylic acids is 1. The molecule has 20 heavy (non-hydrogen) atoms. The summed E-state index contributed by atoms with van der Waals surface area (Å²) in [6, 6.07) is -0.105. The van der Waals surface area contributed by atoms with Gasteiger partial charge < -0.3 is 20.4 Å². The lowest BCUT2D eigenvalue weighted by atomic mass is 10.0. The smallest absolute Gasteiger partial charge is 0.317 e. The summed E-state index contributed by atoms with van der Waals surface area (Å²) in [6.45, 7) is 6.74. The third-order valence-corrected chi connectivity index (χ3v) is 3.32. The number of hydrogen-bond acceptors (Lipinski definition) is 3. The molecule has 0 spiro atoms. The van der Waals surface area contributed by atoms with Crippen LogP contribution in [0.4, 0.5) is 4.79 Å². The van der Waals surface area contributed by atoms with Crippen LogP contribution in [0, 0.1) is 5.92 Å².